The molecular weight excluding hydrogens is 291 g/mol. The molecule has 2 heterocycles. The highest BCUT2D eigenvalue weighted by molar-refractivity contribution is 5.97. The summed E-state index contributed by atoms with van der Waals surface area (Å²) >= 11 is 0. The van der Waals surface area contributed by atoms with E-state index in [-0.39, 0.29) is 5.82 Å². The molecule has 0 fully saturated rings. The zero-order chi connectivity index (χ0) is 15.9. The van der Waals surface area contributed by atoms with Gasteiger partial charge in [-0.3, -0.25) is 4.58 Å². The Balaban J connectivity index is 1.84. The van der Waals surface area contributed by atoms with Crippen molar-refractivity contribution in [1.29, 1.82) is 0 Å². The van der Waals surface area contributed by atoms with Crippen LogP contribution in [0.1, 0.15) is 24.8 Å². The summed E-state index contributed by atoms with van der Waals surface area (Å²) in [5, 5.41) is 11.5. The maximum Gasteiger partial charge on any atom is 0.275 e. The lowest BCUT2D eigenvalue weighted by Gasteiger charge is -2.28. The van der Waals surface area contributed by atoms with Gasteiger partial charge < -0.3 is 5.11 Å². The van der Waals surface area contributed by atoms with Crippen LogP contribution in [0.2, 0.25) is 0 Å². The predicted molar refractivity (Wildman–Crippen MR) is 88.1 cm³/mol. The second-order valence-corrected chi connectivity index (χ2v) is 6.29. The highest BCUT2D eigenvalue weighted by Crippen LogP contribution is 2.37. The molecule has 0 amide bonds. The Kier molecular flexibility index (Phi) is 3.42. The molecule has 2 aromatic carbocycles. The molecule has 3 nitrogen and oxygen atoms in total. The third-order valence-electron chi connectivity index (χ3n) is 4.80. The van der Waals surface area contributed by atoms with Crippen LogP contribution in [-0.4, -0.2) is 28.6 Å². The van der Waals surface area contributed by atoms with Gasteiger partial charge in [0.25, 0.3) is 11.6 Å². The SMILES string of the molecule is OC1(c2ccc(F)cc2)C[N+]2=C(CCCC2)N1c1ccccc1. The Morgan fingerprint density at radius 2 is 1.74 bits per heavy atom. The van der Waals surface area contributed by atoms with Crippen molar-refractivity contribution < 1.29 is 14.1 Å². The third kappa shape index (κ3) is 2.34. The van der Waals surface area contributed by atoms with E-state index in [1.807, 2.05) is 35.2 Å². The molecule has 0 radical (unpaired) electrons. The van der Waals surface area contributed by atoms with Gasteiger partial charge in [-0.1, -0.05) is 18.2 Å². The number of aliphatic hydroxyl groups is 1. The number of hydrogen-bond acceptors (Lipinski definition) is 2. The quantitative estimate of drug-likeness (QED) is 0.863. The van der Waals surface area contributed by atoms with E-state index in [1.54, 1.807) is 12.1 Å². The second kappa shape index (κ2) is 5.46. The Morgan fingerprint density at radius 1 is 1.00 bits per heavy atom. The van der Waals surface area contributed by atoms with Crippen LogP contribution in [0.15, 0.2) is 54.6 Å². The molecule has 0 saturated carbocycles. The summed E-state index contributed by atoms with van der Waals surface area (Å²) < 4.78 is 15.6. The van der Waals surface area contributed by atoms with Gasteiger partial charge >= 0.3 is 0 Å². The number of hydrogen-bond donors (Lipinski definition) is 1. The van der Waals surface area contributed by atoms with E-state index >= 15 is 0 Å². The van der Waals surface area contributed by atoms with Crippen LogP contribution >= 0.6 is 0 Å². The zero-order valence-corrected chi connectivity index (χ0v) is 13.0. The minimum absolute atomic E-state index is 0.285. The number of anilines is 1. The van der Waals surface area contributed by atoms with E-state index < -0.39 is 5.72 Å². The van der Waals surface area contributed by atoms with E-state index in [0.717, 1.165) is 42.9 Å². The molecule has 23 heavy (non-hydrogen) atoms. The number of benzene rings is 2. The molecule has 1 unspecified atom stereocenters. The molecular formula is C19H20FN2O+. The Hall–Kier alpha value is -2.20. The molecule has 4 rings (SSSR count). The zero-order valence-electron chi connectivity index (χ0n) is 13.0. The molecule has 2 aliphatic rings. The van der Waals surface area contributed by atoms with E-state index in [0.29, 0.717) is 6.54 Å². The summed E-state index contributed by atoms with van der Waals surface area (Å²) in [7, 11) is 0. The first-order valence-corrected chi connectivity index (χ1v) is 8.13. The van der Waals surface area contributed by atoms with Crippen molar-refractivity contribution in [2.24, 2.45) is 0 Å². The number of halogens is 1. The van der Waals surface area contributed by atoms with Gasteiger partial charge in [-0.25, -0.2) is 4.39 Å². The molecule has 2 aromatic rings. The van der Waals surface area contributed by atoms with Gasteiger partial charge in [-0.15, -0.1) is 0 Å². The van der Waals surface area contributed by atoms with Crippen molar-refractivity contribution >= 4 is 11.5 Å². The van der Waals surface area contributed by atoms with Crippen molar-refractivity contribution in [3.8, 4) is 0 Å². The fourth-order valence-corrected chi connectivity index (χ4v) is 3.72. The van der Waals surface area contributed by atoms with Gasteiger partial charge in [-0.2, -0.15) is 4.90 Å². The van der Waals surface area contributed by atoms with E-state index in [4.69, 9.17) is 0 Å². The number of nitrogens with zero attached hydrogens (tertiary/aromatic N) is 2. The lowest BCUT2D eigenvalue weighted by atomic mass is 10.0. The highest BCUT2D eigenvalue weighted by atomic mass is 19.1. The van der Waals surface area contributed by atoms with Crippen LogP contribution in [0.3, 0.4) is 0 Å². The molecule has 0 spiro atoms. The van der Waals surface area contributed by atoms with Crippen molar-refractivity contribution in [1.82, 2.24) is 0 Å². The summed E-state index contributed by atoms with van der Waals surface area (Å²) in [6.07, 6.45) is 3.23. The van der Waals surface area contributed by atoms with Crippen LogP contribution < -0.4 is 4.90 Å². The van der Waals surface area contributed by atoms with Crippen LogP contribution in [-0.2, 0) is 5.72 Å². The summed E-state index contributed by atoms with van der Waals surface area (Å²) in [5.74, 6) is 0.876. The molecule has 1 atom stereocenters. The van der Waals surface area contributed by atoms with Crippen LogP contribution in [0.5, 0.6) is 0 Å². The average Bonchev–Trinajstić information content (AvgIpc) is 2.89. The maximum atomic E-state index is 13.3. The van der Waals surface area contributed by atoms with Gasteiger partial charge in [-0.05, 0) is 49.2 Å². The molecule has 0 bridgehead atoms. The van der Waals surface area contributed by atoms with E-state index in [2.05, 4.69) is 4.58 Å². The molecule has 0 aromatic heterocycles. The van der Waals surface area contributed by atoms with Crippen LogP contribution in [0, 0.1) is 5.82 Å². The smallest absolute Gasteiger partial charge is 0.275 e. The van der Waals surface area contributed by atoms with E-state index in [1.165, 1.54) is 12.1 Å². The third-order valence-corrected chi connectivity index (χ3v) is 4.80. The standard InChI is InChI=1S/C19H20FN2O/c20-16-11-9-15(10-12-16)19(23)14-21-13-5-4-8-18(21)22(19)17-6-2-1-3-7-17/h1-3,6-7,9-12,23H,4-5,8,13-14H2/q+1. The van der Waals surface area contributed by atoms with E-state index in [9.17, 15) is 9.50 Å². The first kappa shape index (κ1) is 14.4. The largest absolute Gasteiger partial charge is 0.346 e. The molecule has 0 aliphatic carbocycles. The van der Waals surface area contributed by atoms with Gasteiger partial charge in [0.2, 0.25) is 0 Å². The Morgan fingerprint density at radius 3 is 2.48 bits per heavy atom. The number of para-hydroxylation sites is 1. The normalized spacial score (nSPS) is 24.0. The summed E-state index contributed by atoms with van der Waals surface area (Å²) in [5.41, 5.74) is 0.540. The summed E-state index contributed by atoms with van der Waals surface area (Å²) in [4.78, 5) is 2.03. The molecule has 1 N–H and O–H groups in total. The topological polar surface area (TPSA) is 26.5 Å². The highest BCUT2D eigenvalue weighted by Gasteiger charge is 2.54. The fraction of sp³-hybridized carbons (Fsp3) is 0.316. The van der Waals surface area contributed by atoms with Gasteiger partial charge in [0.1, 0.15) is 11.5 Å². The molecule has 4 heteroatoms. The first-order valence-electron chi connectivity index (χ1n) is 8.13. The summed E-state index contributed by atoms with van der Waals surface area (Å²) in [6.45, 7) is 1.48. The van der Waals surface area contributed by atoms with Crippen molar-refractivity contribution in [2.75, 3.05) is 18.0 Å². The minimum atomic E-state index is -1.16. The number of rotatable bonds is 2. The molecule has 118 valence electrons. The second-order valence-electron chi connectivity index (χ2n) is 6.29. The summed E-state index contributed by atoms with van der Waals surface area (Å²) in [6, 6.07) is 16.2. The fourth-order valence-electron chi connectivity index (χ4n) is 3.72. The first-order chi connectivity index (χ1) is 11.2. The lowest BCUT2D eigenvalue weighted by molar-refractivity contribution is -0.538. The minimum Gasteiger partial charge on any atom is -0.346 e. The monoisotopic (exact) mass is 311 g/mol. The van der Waals surface area contributed by atoms with Crippen molar-refractivity contribution in [2.45, 2.75) is 25.0 Å². The van der Waals surface area contributed by atoms with Crippen LogP contribution in [0.4, 0.5) is 10.1 Å². The number of amidine groups is 1. The average molecular weight is 311 g/mol. The Labute approximate surface area is 135 Å². The lowest BCUT2D eigenvalue weighted by Crippen LogP contribution is -2.47. The van der Waals surface area contributed by atoms with Gasteiger partial charge in [0, 0.05) is 12.0 Å². The predicted octanol–water partition coefficient (Wildman–Crippen LogP) is 3.09. The van der Waals surface area contributed by atoms with Crippen LogP contribution in [0.25, 0.3) is 0 Å². The van der Waals surface area contributed by atoms with Gasteiger partial charge in [0.15, 0.2) is 6.54 Å². The Bertz CT molecular complexity index is 742. The molecule has 2 aliphatic heterocycles. The molecule has 0 saturated heterocycles. The van der Waals surface area contributed by atoms with Gasteiger partial charge in [0.05, 0.1) is 6.54 Å². The van der Waals surface area contributed by atoms with Crippen molar-refractivity contribution in [3.63, 3.8) is 0 Å². The maximum absolute atomic E-state index is 13.3. The van der Waals surface area contributed by atoms with Crippen molar-refractivity contribution in [3.05, 3.63) is 66.0 Å².